The Hall–Kier alpha value is -3.29. The number of carbonyl (C=O) groups is 1. The van der Waals surface area contributed by atoms with Crippen molar-refractivity contribution in [1.29, 1.82) is 0 Å². The van der Waals surface area contributed by atoms with Crippen LogP contribution in [0.15, 0.2) is 53.7 Å². The number of benzene rings is 1. The number of rotatable bonds is 4. The molecule has 1 aliphatic rings. The van der Waals surface area contributed by atoms with Crippen LogP contribution in [0.4, 0.5) is 16.3 Å². The number of pyridine rings is 1. The van der Waals surface area contributed by atoms with Gasteiger partial charge in [0, 0.05) is 26.2 Å². The summed E-state index contributed by atoms with van der Waals surface area (Å²) < 4.78 is 5.38. The molecule has 0 aliphatic carbocycles. The van der Waals surface area contributed by atoms with Gasteiger partial charge in [-0.05, 0) is 17.7 Å². The van der Waals surface area contributed by atoms with Crippen LogP contribution in [-0.2, 0) is 11.3 Å². The van der Waals surface area contributed by atoms with Crippen molar-refractivity contribution in [3.63, 3.8) is 0 Å². The Morgan fingerprint density at radius 3 is 2.42 bits per heavy atom. The molecule has 4 N–H and O–H groups in total. The van der Waals surface area contributed by atoms with E-state index in [-0.39, 0.29) is 18.7 Å². The summed E-state index contributed by atoms with van der Waals surface area (Å²) in [6, 6.07) is 13.3. The van der Waals surface area contributed by atoms with E-state index in [1.165, 1.54) is 0 Å². The van der Waals surface area contributed by atoms with Gasteiger partial charge in [-0.25, -0.2) is 9.78 Å². The molecule has 1 amide bonds. The van der Waals surface area contributed by atoms with Gasteiger partial charge in [-0.3, -0.25) is 0 Å². The van der Waals surface area contributed by atoms with Gasteiger partial charge in [0.05, 0.1) is 11.9 Å². The van der Waals surface area contributed by atoms with E-state index in [1.807, 2.05) is 36.4 Å². The molecule has 8 heteroatoms. The van der Waals surface area contributed by atoms with Crippen LogP contribution >= 0.6 is 0 Å². The highest BCUT2D eigenvalue weighted by Crippen LogP contribution is 2.18. The molecule has 0 atom stereocenters. The van der Waals surface area contributed by atoms with Gasteiger partial charge in [-0.2, -0.15) is 4.99 Å². The zero-order valence-electron chi connectivity index (χ0n) is 14.4. The topological polar surface area (TPSA) is 110 Å². The standard InChI is InChI=1S/C18H22N6O2/c19-17(20)22-16-7-6-15(12-21-16)23-8-10-24(11-9-23)18(25)26-13-14-4-2-1-3-5-14/h1-7,12H,8-11,13H2,(H4,19,20,21,22). The lowest BCUT2D eigenvalue weighted by Crippen LogP contribution is -2.48. The van der Waals surface area contributed by atoms with Crippen molar-refractivity contribution in [2.24, 2.45) is 16.5 Å². The molecule has 3 rings (SSSR count). The molecule has 1 aliphatic heterocycles. The highest BCUT2D eigenvalue weighted by molar-refractivity contribution is 5.78. The molecule has 0 unspecified atom stereocenters. The van der Waals surface area contributed by atoms with Crippen LogP contribution in [0.3, 0.4) is 0 Å². The van der Waals surface area contributed by atoms with E-state index in [0.717, 1.165) is 11.3 Å². The van der Waals surface area contributed by atoms with Crippen molar-refractivity contribution in [3.05, 3.63) is 54.2 Å². The molecule has 1 aromatic carbocycles. The number of piperazine rings is 1. The molecule has 8 nitrogen and oxygen atoms in total. The van der Waals surface area contributed by atoms with Crippen LogP contribution in [0.5, 0.6) is 0 Å². The van der Waals surface area contributed by atoms with Crippen molar-refractivity contribution in [1.82, 2.24) is 9.88 Å². The lowest BCUT2D eigenvalue weighted by atomic mass is 10.2. The van der Waals surface area contributed by atoms with Gasteiger partial charge in [-0.1, -0.05) is 30.3 Å². The molecule has 26 heavy (non-hydrogen) atoms. The average molecular weight is 354 g/mol. The number of guanidine groups is 1. The Morgan fingerprint density at radius 1 is 1.08 bits per heavy atom. The Balaban J connectivity index is 1.49. The van der Waals surface area contributed by atoms with Crippen molar-refractivity contribution in [2.75, 3.05) is 31.1 Å². The third kappa shape index (κ3) is 4.62. The van der Waals surface area contributed by atoms with Crippen LogP contribution in [0.2, 0.25) is 0 Å². The van der Waals surface area contributed by atoms with E-state index in [1.54, 1.807) is 17.2 Å². The monoisotopic (exact) mass is 354 g/mol. The number of hydrogen-bond donors (Lipinski definition) is 2. The summed E-state index contributed by atoms with van der Waals surface area (Å²) in [5.74, 6) is 0.449. The fraction of sp³-hybridized carbons (Fsp3) is 0.278. The van der Waals surface area contributed by atoms with Gasteiger partial charge < -0.3 is 26.0 Å². The van der Waals surface area contributed by atoms with Gasteiger partial charge in [-0.15, -0.1) is 0 Å². The minimum Gasteiger partial charge on any atom is -0.445 e. The predicted octanol–water partition coefficient (Wildman–Crippen LogP) is 1.45. The Kier molecular flexibility index (Phi) is 5.52. The summed E-state index contributed by atoms with van der Waals surface area (Å²) in [5.41, 5.74) is 12.6. The van der Waals surface area contributed by atoms with Gasteiger partial charge in [0.1, 0.15) is 6.61 Å². The lowest BCUT2D eigenvalue weighted by Gasteiger charge is -2.35. The molecule has 0 radical (unpaired) electrons. The smallest absolute Gasteiger partial charge is 0.410 e. The number of nitrogens with zero attached hydrogens (tertiary/aromatic N) is 4. The minimum absolute atomic E-state index is 0.0205. The molecule has 2 aromatic rings. The zero-order chi connectivity index (χ0) is 18.4. The number of amides is 1. The SMILES string of the molecule is NC(N)=Nc1ccc(N2CCN(C(=O)OCc3ccccc3)CC2)cn1. The third-order valence-electron chi connectivity index (χ3n) is 4.08. The highest BCUT2D eigenvalue weighted by atomic mass is 16.6. The Labute approximate surface area is 152 Å². The molecule has 0 saturated carbocycles. The Morgan fingerprint density at radius 2 is 1.81 bits per heavy atom. The fourth-order valence-corrected chi connectivity index (χ4v) is 2.72. The lowest BCUT2D eigenvalue weighted by molar-refractivity contribution is 0.0942. The fourth-order valence-electron chi connectivity index (χ4n) is 2.72. The maximum absolute atomic E-state index is 12.2. The second kappa shape index (κ2) is 8.19. The van der Waals surface area contributed by atoms with Crippen LogP contribution in [0, 0.1) is 0 Å². The van der Waals surface area contributed by atoms with Crippen LogP contribution in [-0.4, -0.2) is 48.1 Å². The van der Waals surface area contributed by atoms with E-state index in [9.17, 15) is 4.79 Å². The highest BCUT2D eigenvalue weighted by Gasteiger charge is 2.22. The molecule has 0 bridgehead atoms. The maximum atomic E-state index is 12.2. The molecular weight excluding hydrogens is 332 g/mol. The predicted molar refractivity (Wildman–Crippen MR) is 100 cm³/mol. The largest absolute Gasteiger partial charge is 0.445 e. The molecule has 136 valence electrons. The molecule has 1 saturated heterocycles. The first-order valence-corrected chi connectivity index (χ1v) is 8.38. The number of anilines is 1. The average Bonchev–Trinajstić information content (AvgIpc) is 2.67. The normalized spacial score (nSPS) is 14.0. The summed E-state index contributed by atoms with van der Waals surface area (Å²) in [6.45, 7) is 2.91. The number of ether oxygens (including phenoxy) is 1. The van der Waals surface area contributed by atoms with E-state index in [0.29, 0.717) is 32.0 Å². The summed E-state index contributed by atoms with van der Waals surface area (Å²) in [4.78, 5) is 24.2. The van der Waals surface area contributed by atoms with E-state index in [4.69, 9.17) is 16.2 Å². The van der Waals surface area contributed by atoms with Crippen molar-refractivity contribution < 1.29 is 9.53 Å². The third-order valence-corrected chi connectivity index (χ3v) is 4.08. The first kappa shape index (κ1) is 17.5. The van der Waals surface area contributed by atoms with E-state index < -0.39 is 0 Å². The van der Waals surface area contributed by atoms with E-state index >= 15 is 0 Å². The Bertz CT molecular complexity index is 751. The molecule has 1 aromatic heterocycles. The number of aromatic nitrogens is 1. The summed E-state index contributed by atoms with van der Waals surface area (Å²) in [6.07, 6.45) is 1.44. The maximum Gasteiger partial charge on any atom is 0.410 e. The minimum atomic E-state index is -0.283. The van der Waals surface area contributed by atoms with Crippen molar-refractivity contribution in [2.45, 2.75) is 6.61 Å². The second-order valence-corrected chi connectivity index (χ2v) is 5.93. The van der Waals surface area contributed by atoms with Crippen LogP contribution in [0.1, 0.15) is 5.56 Å². The number of aliphatic imine (C=N–C) groups is 1. The molecule has 0 spiro atoms. The van der Waals surface area contributed by atoms with Gasteiger partial charge in [0.2, 0.25) is 0 Å². The summed E-state index contributed by atoms with van der Waals surface area (Å²) in [5, 5.41) is 0. The zero-order valence-corrected chi connectivity index (χ0v) is 14.4. The quantitative estimate of drug-likeness (QED) is 0.635. The summed E-state index contributed by atoms with van der Waals surface area (Å²) >= 11 is 0. The van der Waals surface area contributed by atoms with Crippen molar-refractivity contribution >= 4 is 23.6 Å². The molecule has 2 heterocycles. The van der Waals surface area contributed by atoms with Crippen LogP contribution < -0.4 is 16.4 Å². The first-order valence-electron chi connectivity index (χ1n) is 8.38. The number of hydrogen-bond acceptors (Lipinski definition) is 5. The number of carbonyl (C=O) groups excluding carboxylic acids is 1. The van der Waals surface area contributed by atoms with Crippen molar-refractivity contribution in [3.8, 4) is 0 Å². The molecular formula is C18H22N6O2. The van der Waals surface area contributed by atoms with E-state index in [2.05, 4.69) is 14.9 Å². The van der Waals surface area contributed by atoms with Gasteiger partial charge in [0.15, 0.2) is 11.8 Å². The molecule has 1 fully saturated rings. The number of nitrogens with two attached hydrogens (primary N) is 2. The first-order chi connectivity index (χ1) is 12.6. The van der Waals surface area contributed by atoms with Gasteiger partial charge in [0.25, 0.3) is 0 Å². The van der Waals surface area contributed by atoms with Crippen LogP contribution in [0.25, 0.3) is 0 Å². The second-order valence-electron chi connectivity index (χ2n) is 5.93. The van der Waals surface area contributed by atoms with Gasteiger partial charge >= 0.3 is 6.09 Å². The summed E-state index contributed by atoms with van der Waals surface area (Å²) in [7, 11) is 0.